The van der Waals surface area contributed by atoms with E-state index >= 15 is 0 Å². The zero-order valence-electron chi connectivity index (χ0n) is 9.16. The molecule has 86 valence electrons. The Morgan fingerprint density at radius 1 is 1.50 bits per heavy atom. The number of hydrogen-bond acceptors (Lipinski definition) is 3. The average Bonchev–Trinajstić information content (AvgIpc) is 2.65. The summed E-state index contributed by atoms with van der Waals surface area (Å²) in [5.41, 5.74) is 5.87. The fourth-order valence-corrected chi connectivity index (χ4v) is 2.52. The van der Waals surface area contributed by atoms with Gasteiger partial charge in [0.2, 0.25) is 0 Å². The van der Waals surface area contributed by atoms with Crippen LogP contribution in [0.25, 0.3) is 0 Å². The van der Waals surface area contributed by atoms with Crippen LogP contribution in [-0.2, 0) is 5.54 Å². The number of rotatable bonds is 2. The van der Waals surface area contributed by atoms with Gasteiger partial charge in [-0.25, -0.2) is 0 Å². The minimum Gasteiger partial charge on any atom is -0.321 e. The van der Waals surface area contributed by atoms with E-state index in [4.69, 9.17) is 17.3 Å². The van der Waals surface area contributed by atoms with Gasteiger partial charge < -0.3 is 5.73 Å². The molecule has 1 aromatic rings. The molecule has 0 heterocycles. The van der Waals surface area contributed by atoms with Crippen molar-refractivity contribution in [1.29, 1.82) is 0 Å². The molecule has 1 unspecified atom stereocenters. The molecule has 2 rings (SSSR count). The van der Waals surface area contributed by atoms with Crippen LogP contribution in [-0.4, -0.2) is 4.92 Å². The highest BCUT2D eigenvalue weighted by Gasteiger charge is 2.62. The molecule has 4 nitrogen and oxygen atoms in total. The maximum absolute atomic E-state index is 11.0. The maximum Gasteiger partial charge on any atom is 0.275 e. The lowest BCUT2D eigenvalue weighted by molar-refractivity contribution is -0.385. The van der Waals surface area contributed by atoms with E-state index in [1.807, 2.05) is 13.8 Å². The van der Waals surface area contributed by atoms with Gasteiger partial charge in [0, 0.05) is 6.07 Å². The van der Waals surface area contributed by atoms with Crippen LogP contribution in [0.1, 0.15) is 25.8 Å². The van der Waals surface area contributed by atoms with Crippen molar-refractivity contribution in [2.75, 3.05) is 0 Å². The number of nitro groups is 1. The van der Waals surface area contributed by atoms with E-state index in [0.717, 1.165) is 0 Å². The molecule has 0 amide bonds. The molecule has 1 saturated carbocycles. The van der Waals surface area contributed by atoms with Gasteiger partial charge in [-0.15, -0.1) is 0 Å². The van der Waals surface area contributed by atoms with Crippen LogP contribution in [0.2, 0.25) is 5.02 Å². The summed E-state index contributed by atoms with van der Waals surface area (Å²) >= 11 is 6.04. The SMILES string of the molecule is CC1(C)CC1(N)c1c(Cl)cccc1[N+](=O)[O-]. The summed E-state index contributed by atoms with van der Waals surface area (Å²) in [7, 11) is 0. The lowest BCUT2D eigenvalue weighted by Crippen LogP contribution is -2.27. The Hall–Kier alpha value is -1.13. The van der Waals surface area contributed by atoms with Crippen molar-refractivity contribution in [3.63, 3.8) is 0 Å². The second-order valence-corrected chi connectivity index (χ2v) is 5.33. The second-order valence-electron chi connectivity index (χ2n) is 4.92. The van der Waals surface area contributed by atoms with Crippen LogP contribution in [0.15, 0.2) is 18.2 Å². The van der Waals surface area contributed by atoms with Crippen molar-refractivity contribution in [3.8, 4) is 0 Å². The molecule has 0 spiro atoms. The fraction of sp³-hybridized carbons (Fsp3) is 0.455. The topological polar surface area (TPSA) is 69.2 Å². The lowest BCUT2D eigenvalue weighted by atomic mass is 9.95. The molecule has 0 aromatic heterocycles. The number of hydrogen-bond donors (Lipinski definition) is 1. The van der Waals surface area contributed by atoms with Crippen molar-refractivity contribution in [2.45, 2.75) is 25.8 Å². The van der Waals surface area contributed by atoms with Crippen LogP contribution < -0.4 is 5.73 Å². The van der Waals surface area contributed by atoms with Gasteiger partial charge in [-0.2, -0.15) is 0 Å². The molecule has 1 fully saturated rings. The minimum absolute atomic E-state index is 0.0144. The van der Waals surface area contributed by atoms with Gasteiger partial charge in [0.15, 0.2) is 0 Å². The summed E-state index contributed by atoms with van der Waals surface area (Å²) < 4.78 is 0. The molecular weight excluding hydrogens is 228 g/mol. The predicted molar refractivity (Wildman–Crippen MR) is 62.4 cm³/mol. The van der Waals surface area contributed by atoms with E-state index in [-0.39, 0.29) is 11.1 Å². The summed E-state index contributed by atoms with van der Waals surface area (Å²) in [5.74, 6) is 0. The Morgan fingerprint density at radius 3 is 2.50 bits per heavy atom. The highest BCUT2D eigenvalue weighted by atomic mass is 35.5. The third-order valence-electron chi connectivity index (χ3n) is 3.44. The molecule has 1 aromatic carbocycles. The van der Waals surface area contributed by atoms with Crippen LogP contribution in [0, 0.1) is 15.5 Å². The van der Waals surface area contributed by atoms with Crippen LogP contribution in [0.3, 0.4) is 0 Å². The average molecular weight is 241 g/mol. The first-order chi connectivity index (χ1) is 7.29. The summed E-state index contributed by atoms with van der Waals surface area (Å²) in [4.78, 5) is 10.5. The fourth-order valence-electron chi connectivity index (χ4n) is 2.19. The maximum atomic E-state index is 11.0. The van der Waals surface area contributed by atoms with Crippen molar-refractivity contribution in [3.05, 3.63) is 38.9 Å². The van der Waals surface area contributed by atoms with E-state index in [1.165, 1.54) is 6.07 Å². The largest absolute Gasteiger partial charge is 0.321 e. The highest BCUT2D eigenvalue weighted by molar-refractivity contribution is 6.31. The standard InChI is InChI=1S/C11H13ClN2O2/c1-10(2)6-11(10,13)9-7(12)4-3-5-8(9)14(15)16/h3-5H,6,13H2,1-2H3. The van der Waals surface area contributed by atoms with Gasteiger partial charge in [-0.05, 0) is 17.9 Å². The number of nitrogens with zero attached hydrogens (tertiary/aromatic N) is 1. The molecule has 1 aliphatic carbocycles. The Kier molecular flexibility index (Phi) is 2.26. The van der Waals surface area contributed by atoms with Crippen molar-refractivity contribution < 1.29 is 4.92 Å². The zero-order valence-corrected chi connectivity index (χ0v) is 9.91. The van der Waals surface area contributed by atoms with Gasteiger partial charge >= 0.3 is 0 Å². The normalized spacial score (nSPS) is 26.5. The van der Waals surface area contributed by atoms with E-state index in [0.29, 0.717) is 17.0 Å². The Labute approximate surface area is 98.5 Å². The van der Waals surface area contributed by atoms with Crippen molar-refractivity contribution in [1.82, 2.24) is 0 Å². The first kappa shape index (κ1) is 11.4. The van der Waals surface area contributed by atoms with Crippen LogP contribution in [0.5, 0.6) is 0 Å². The summed E-state index contributed by atoms with van der Waals surface area (Å²) in [5, 5.41) is 11.3. The van der Waals surface area contributed by atoms with Gasteiger partial charge in [-0.1, -0.05) is 31.5 Å². The molecule has 0 radical (unpaired) electrons. The minimum atomic E-state index is -0.673. The number of nitro benzene ring substituents is 1. The molecule has 1 aliphatic rings. The molecule has 16 heavy (non-hydrogen) atoms. The lowest BCUT2D eigenvalue weighted by Gasteiger charge is -2.16. The number of halogens is 1. The molecule has 5 heteroatoms. The molecule has 1 atom stereocenters. The second kappa shape index (κ2) is 3.18. The predicted octanol–water partition coefficient (Wildman–Crippen LogP) is 2.83. The van der Waals surface area contributed by atoms with Gasteiger partial charge in [0.05, 0.1) is 21.0 Å². The first-order valence-corrected chi connectivity index (χ1v) is 5.40. The van der Waals surface area contributed by atoms with Crippen LogP contribution >= 0.6 is 11.6 Å². The summed E-state index contributed by atoms with van der Waals surface area (Å²) in [6, 6.07) is 4.67. The Bertz CT molecular complexity index is 473. The smallest absolute Gasteiger partial charge is 0.275 e. The number of nitrogens with two attached hydrogens (primary N) is 1. The highest BCUT2D eigenvalue weighted by Crippen LogP contribution is 2.63. The van der Waals surface area contributed by atoms with E-state index < -0.39 is 10.5 Å². The molecule has 0 aliphatic heterocycles. The van der Waals surface area contributed by atoms with E-state index in [1.54, 1.807) is 12.1 Å². The van der Waals surface area contributed by atoms with E-state index in [9.17, 15) is 10.1 Å². The molecular formula is C11H13ClN2O2. The van der Waals surface area contributed by atoms with Gasteiger partial charge in [-0.3, -0.25) is 10.1 Å². The van der Waals surface area contributed by atoms with Crippen molar-refractivity contribution >= 4 is 17.3 Å². The Morgan fingerprint density at radius 2 is 2.06 bits per heavy atom. The quantitative estimate of drug-likeness (QED) is 0.638. The molecule has 0 bridgehead atoms. The van der Waals surface area contributed by atoms with E-state index in [2.05, 4.69) is 0 Å². The van der Waals surface area contributed by atoms with Crippen LogP contribution in [0.4, 0.5) is 5.69 Å². The van der Waals surface area contributed by atoms with Gasteiger partial charge in [0.1, 0.15) is 0 Å². The summed E-state index contributed by atoms with van der Waals surface area (Å²) in [6.45, 7) is 3.97. The summed E-state index contributed by atoms with van der Waals surface area (Å²) in [6.07, 6.45) is 0.713. The monoisotopic (exact) mass is 240 g/mol. The molecule has 0 saturated heterocycles. The van der Waals surface area contributed by atoms with Gasteiger partial charge in [0.25, 0.3) is 5.69 Å². The third kappa shape index (κ3) is 1.41. The van der Waals surface area contributed by atoms with Crippen molar-refractivity contribution in [2.24, 2.45) is 11.1 Å². The third-order valence-corrected chi connectivity index (χ3v) is 3.75. The first-order valence-electron chi connectivity index (χ1n) is 5.02. The Balaban J connectivity index is 2.61. The zero-order chi connectivity index (χ0) is 12.1. The molecule has 2 N–H and O–H groups in total. The number of benzene rings is 1.